The van der Waals surface area contributed by atoms with Crippen LogP contribution >= 0.6 is 0 Å². The standard InChI is InChI=1S/C9H20NO2/c1-7-9(11)5-8(12-7)6-10(2,3)4/h7-9,11H,5-6H2,1-4H3/q+1/t7?,8-,9?/m0/s1. The van der Waals surface area contributed by atoms with Gasteiger partial charge in [-0.15, -0.1) is 0 Å². The Bertz CT molecular complexity index is 143. The van der Waals surface area contributed by atoms with Crippen molar-refractivity contribution in [1.82, 2.24) is 0 Å². The summed E-state index contributed by atoms with van der Waals surface area (Å²) in [7, 11) is 6.41. The highest BCUT2D eigenvalue weighted by Crippen LogP contribution is 2.21. The van der Waals surface area contributed by atoms with Gasteiger partial charge in [0.25, 0.3) is 0 Å². The van der Waals surface area contributed by atoms with Gasteiger partial charge in [-0.25, -0.2) is 0 Å². The van der Waals surface area contributed by atoms with Gasteiger partial charge in [-0.05, 0) is 6.92 Å². The van der Waals surface area contributed by atoms with E-state index in [1.165, 1.54) is 0 Å². The molecule has 0 spiro atoms. The molecule has 1 heterocycles. The molecule has 0 bridgehead atoms. The monoisotopic (exact) mass is 174 g/mol. The minimum atomic E-state index is -0.262. The fourth-order valence-electron chi connectivity index (χ4n) is 1.64. The van der Waals surface area contributed by atoms with Gasteiger partial charge in [0.05, 0.1) is 33.4 Å². The van der Waals surface area contributed by atoms with E-state index in [0.717, 1.165) is 17.4 Å². The van der Waals surface area contributed by atoms with Crippen LogP contribution in [-0.4, -0.2) is 55.6 Å². The van der Waals surface area contributed by atoms with Crippen molar-refractivity contribution in [3.05, 3.63) is 0 Å². The number of aliphatic hydroxyl groups excluding tert-OH is 1. The first-order valence-electron chi connectivity index (χ1n) is 4.52. The van der Waals surface area contributed by atoms with Crippen molar-refractivity contribution < 1.29 is 14.3 Å². The van der Waals surface area contributed by atoms with Gasteiger partial charge in [-0.2, -0.15) is 0 Å². The van der Waals surface area contributed by atoms with Gasteiger partial charge in [-0.3, -0.25) is 0 Å². The molecule has 0 aromatic rings. The highest BCUT2D eigenvalue weighted by atomic mass is 16.5. The Balaban J connectivity index is 2.38. The van der Waals surface area contributed by atoms with Crippen LogP contribution in [0.1, 0.15) is 13.3 Å². The molecule has 12 heavy (non-hydrogen) atoms. The first-order valence-corrected chi connectivity index (χ1v) is 4.52. The number of quaternary nitrogens is 1. The second-order valence-corrected chi connectivity index (χ2v) is 4.74. The summed E-state index contributed by atoms with van der Waals surface area (Å²) in [6.07, 6.45) is 0.773. The molecule has 1 aliphatic rings. The van der Waals surface area contributed by atoms with Crippen LogP contribution in [0, 0.1) is 0 Å². The minimum Gasteiger partial charge on any atom is -0.390 e. The maximum atomic E-state index is 9.43. The predicted octanol–water partition coefficient (Wildman–Crippen LogP) is 0.231. The molecule has 72 valence electrons. The first-order chi connectivity index (χ1) is 5.38. The van der Waals surface area contributed by atoms with Gasteiger partial charge < -0.3 is 14.3 Å². The Morgan fingerprint density at radius 3 is 2.33 bits per heavy atom. The van der Waals surface area contributed by atoms with E-state index in [2.05, 4.69) is 21.1 Å². The summed E-state index contributed by atoms with van der Waals surface area (Å²) >= 11 is 0. The van der Waals surface area contributed by atoms with E-state index < -0.39 is 0 Å². The molecule has 0 aromatic carbocycles. The maximum absolute atomic E-state index is 9.43. The number of nitrogens with zero attached hydrogens (tertiary/aromatic N) is 1. The van der Waals surface area contributed by atoms with Crippen LogP contribution in [0.25, 0.3) is 0 Å². The minimum absolute atomic E-state index is 0.0153. The molecule has 3 heteroatoms. The van der Waals surface area contributed by atoms with Gasteiger partial charge in [-0.1, -0.05) is 0 Å². The summed E-state index contributed by atoms with van der Waals surface area (Å²) in [5, 5.41) is 9.43. The number of hydrogen-bond acceptors (Lipinski definition) is 2. The van der Waals surface area contributed by atoms with Crippen LogP contribution in [0.4, 0.5) is 0 Å². The van der Waals surface area contributed by atoms with Gasteiger partial charge in [0.1, 0.15) is 12.6 Å². The fourth-order valence-corrected chi connectivity index (χ4v) is 1.64. The van der Waals surface area contributed by atoms with Crippen molar-refractivity contribution in [2.45, 2.75) is 31.7 Å². The molecule has 1 N–H and O–H groups in total. The Morgan fingerprint density at radius 1 is 1.42 bits per heavy atom. The zero-order chi connectivity index (χ0) is 9.35. The lowest BCUT2D eigenvalue weighted by molar-refractivity contribution is -0.873. The average Bonchev–Trinajstić information content (AvgIpc) is 2.07. The molecule has 0 radical (unpaired) electrons. The number of rotatable bonds is 2. The molecule has 0 aromatic heterocycles. The zero-order valence-corrected chi connectivity index (χ0v) is 8.45. The third-order valence-corrected chi connectivity index (χ3v) is 2.20. The third kappa shape index (κ3) is 2.73. The molecule has 3 atom stereocenters. The van der Waals surface area contributed by atoms with Gasteiger partial charge >= 0.3 is 0 Å². The topological polar surface area (TPSA) is 29.5 Å². The molecule has 1 rings (SSSR count). The Kier molecular flexibility index (Phi) is 2.76. The van der Waals surface area contributed by atoms with Crippen LogP contribution < -0.4 is 0 Å². The number of likely N-dealkylation sites (N-methyl/N-ethyl adjacent to an activating group) is 1. The Morgan fingerprint density at radius 2 is 2.00 bits per heavy atom. The van der Waals surface area contributed by atoms with Crippen molar-refractivity contribution in [3.8, 4) is 0 Å². The number of ether oxygens (including phenoxy) is 1. The van der Waals surface area contributed by atoms with E-state index >= 15 is 0 Å². The van der Waals surface area contributed by atoms with Crippen LogP contribution in [0.2, 0.25) is 0 Å². The van der Waals surface area contributed by atoms with Crippen LogP contribution in [-0.2, 0) is 4.74 Å². The van der Waals surface area contributed by atoms with E-state index in [1.807, 2.05) is 6.92 Å². The lowest BCUT2D eigenvalue weighted by atomic mass is 10.1. The number of aliphatic hydroxyl groups is 1. The maximum Gasteiger partial charge on any atom is 0.109 e. The largest absolute Gasteiger partial charge is 0.390 e. The van der Waals surface area contributed by atoms with E-state index in [0.29, 0.717) is 0 Å². The Hall–Kier alpha value is -0.120. The van der Waals surface area contributed by atoms with Crippen LogP contribution in [0.5, 0.6) is 0 Å². The molecule has 1 aliphatic heterocycles. The molecule has 0 saturated carbocycles. The highest BCUT2D eigenvalue weighted by molar-refractivity contribution is 4.78. The summed E-state index contributed by atoms with van der Waals surface area (Å²) in [6, 6.07) is 0. The third-order valence-electron chi connectivity index (χ3n) is 2.20. The van der Waals surface area contributed by atoms with E-state index in [-0.39, 0.29) is 18.3 Å². The first kappa shape index (κ1) is 9.96. The zero-order valence-electron chi connectivity index (χ0n) is 8.45. The van der Waals surface area contributed by atoms with Crippen molar-refractivity contribution in [1.29, 1.82) is 0 Å². The van der Waals surface area contributed by atoms with E-state index in [9.17, 15) is 5.11 Å². The summed E-state index contributed by atoms with van der Waals surface area (Å²) in [5.74, 6) is 0. The van der Waals surface area contributed by atoms with E-state index in [1.54, 1.807) is 0 Å². The van der Waals surface area contributed by atoms with Crippen LogP contribution in [0.3, 0.4) is 0 Å². The fraction of sp³-hybridized carbons (Fsp3) is 1.00. The van der Waals surface area contributed by atoms with E-state index in [4.69, 9.17) is 4.74 Å². The summed E-state index contributed by atoms with van der Waals surface area (Å²) < 4.78 is 6.48. The molecule has 0 aliphatic carbocycles. The molecule has 1 fully saturated rings. The van der Waals surface area contributed by atoms with Crippen molar-refractivity contribution >= 4 is 0 Å². The van der Waals surface area contributed by atoms with Crippen LogP contribution in [0.15, 0.2) is 0 Å². The molecular formula is C9H20NO2+. The second-order valence-electron chi connectivity index (χ2n) is 4.74. The summed E-state index contributed by atoms with van der Waals surface area (Å²) in [4.78, 5) is 0. The van der Waals surface area contributed by atoms with Gasteiger partial charge in [0, 0.05) is 6.42 Å². The van der Waals surface area contributed by atoms with Gasteiger partial charge in [0.2, 0.25) is 0 Å². The van der Waals surface area contributed by atoms with Crippen molar-refractivity contribution in [2.75, 3.05) is 27.7 Å². The SMILES string of the molecule is CC1O[C@H](C[N+](C)(C)C)CC1O. The molecule has 3 nitrogen and oxygen atoms in total. The quantitative estimate of drug-likeness (QED) is 0.607. The molecule has 1 saturated heterocycles. The number of hydrogen-bond donors (Lipinski definition) is 1. The molecular weight excluding hydrogens is 154 g/mol. The normalized spacial score (nSPS) is 37.2. The summed E-state index contributed by atoms with van der Waals surface area (Å²) in [6.45, 7) is 2.90. The molecule has 2 unspecified atom stereocenters. The second kappa shape index (κ2) is 3.32. The summed E-state index contributed by atoms with van der Waals surface area (Å²) in [5.41, 5.74) is 0. The average molecular weight is 174 g/mol. The lowest BCUT2D eigenvalue weighted by Crippen LogP contribution is -2.41. The lowest BCUT2D eigenvalue weighted by Gasteiger charge is -2.26. The molecule has 0 amide bonds. The smallest absolute Gasteiger partial charge is 0.109 e. The van der Waals surface area contributed by atoms with Crippen molar-refractivity contribution in [2.24, 2.45) is 0 Å². The highest BCUT2D eigenvalue weighted by Gasteiger charge is 2.33. The Labute approximate surface area is 74.5 Å². The van der Waals surface area contributed by atoms with Gasteiger partial charge in [0.15, 0.2) is 0 Å². The predicted molar refractivity (Wildman–Crippen MR) is 47.9 cm³/mol. The van der Waals surface area contributed by atoms with Crippen molar-refractivity contribution in [3.63, 3.8) is 0 Å².